The first-order valence-electron chi connectivity index (χ1n) is 8.76. The first-order chi connectivity index (χ1) is 13.7. The van der Waals surface area contributed by atoms with Crippen molar-refractivity contribution in [3.63, 3.8) is 0 Å². The lowest BCUT2D eigenvalue weighted by molar-refractivity contribution is 0.414. The van der Waals surface area contributed by atoms with Gasteiger partial charge in [-0.2, -0.15) is 0 Å². The zero-order chi connectivity index (χ0) is 19.5. The van der Waals surface area contributed by atoms with Crippen LogP contribution in [0, 0.1) is 0 Å². The molecule has 0 aliphatic heterocycles. The molecule has 0 unspecified atom stereocenters. The molecule has 4 nitrogen and oxygen atoms in total. The van der Waals surface area contributed by atoms with Crippen LogP contribution in [0.5, 0.6) is 11.5 Å². The van der Waals surface area contributed by atoms with Crippen molar-refractivity contribution >= 4 is 34.6 Å². The van der Waals surface area contributed by atoms with E-state index in [1.54, 1.807) is 37.7 Å². The highest BCUT2D eigenvalue weighted by Gasteiger charge is 2.13. The lowest BCUT2D eigenvalue weighted by Gasteiger charge is -2.09. The van der Waals surface area contributed by atoms with E-state index in [1.807, 2.05) is 37.6 Å². The minimum absolute atomic E-state index is 0.860. The predicted octanol–water partition coefficient (Wildman–Crippen LogP) is 5.89. The molecule has 0 atom stereocenters. The van der Waals surface area contributed by atoms with Crippen molar-refractivity contribution in [3.8, 4) is 11.5 Å². The number of aromatic nitrogens is 2. The van der Waals surface area contributed by atoms with Crippen LogP contribution in [0.3, 0.4) is 0 Å². The molecule has 0 aliphatic rings. The minimum Gasteiger partial charge on any atom is -0.497 e. The fraction of sp³-hybridized carbons (Fsp3) is 0.136. The maximum absolute atomic E-state index is 5.25. The summed E-state index contributed by atoms with van der Waals surface area (Å²) < 4.78 is 12.6. The van der Waals surface area contributed by atoms with E-state index in [0.29, 0.717) is 0 Å². The molecular weight excluding hydrogens is 388 g/mol. The van der Waals surface area contributed by atoms with Gasteiger partial charge in [-0.25, -0.2) is 4.98 Å². The van der Waals surface area contributed by atoms with Crippen LogP contribution in [-0.4, -0.2) is 23.8 Å². The fourth-order valence-electron chi connectivity index (χ4n) is 2.92. The molecule has 3 aromatic carbocycles. The molecule has 0 bridgehead atoms. The Hall–Kier alpha value is -2.57. The number of aryl methyl sites for hydroxylation is 1. The fourth-order valence-corrected chi connectivity index (χ4v) is 4.82. The van der Waals surface area contributed by atoms with Crippen LogP contribution < -0.4 is 9.47 Å². The predicted molar refractivity (Wildman–Crippen MR) is 115 cm³/mol. The molecule has 0 N–H and O–H groups in total. The van der Waals surface area contributed by atoms with Gasteiger partial charge in [0.05, 0.1) is 26.1 Å². The molecule has 6 heteroatoms. The molecule has 0 amide bonds. The van der Waals surface area contributed by atoms with E-state index in [4.69, 9.17) is 9.47 Å². The number of fused-ring (bicyclic) bond motifs is 1. The molecule has 4 aromatic rings. The molecule has 0 saturated carbocycles. The second-order valence-electron chi connectivity index (χ2n) is 6.17. The maximum Gasteiger partial charge on any atom is 0.118 e. The van der Waals surface area contributed by atoms with Gasteiger partial charge in [0.2, 0.25) is 0 Å². The quantitative estimate of drug-likeness (QED) is 0.397. The number of rotatable bonds is 6. The number of benzene rings is 3. The van der Waals surface area contributed by atoms with Crippen molar-refractivity contribution in [2.45, 2.75) is 19.6 Å². The normalized spacial score (nSPS) is 11.0. The van der Waals surface area contributed by atoms with E-state index >= 15 is 0 Å². The monoisotopic (exact) mass is 408 g/mol. The van der Waals surface area contributed by atoms with Gasteiger partial charge in [-0.05, 0) is 60.7 Å². The van der Waals surface area contributed by atoms with Crippen molar-refractivity contribution in [1.82, 2.24) is 9.55 Å². The van der Waals surface area contributed by atoms with Gasteiger partial charge in [-0.3, -0.25) is 0 Å². The van der Waals surface area contributed by atoms with E-state index in [0.717, 1.165) is 32.3 Å². The first-order valence-corrected chi connectivity index (χ1v) is 10.4. The van der Waals surface area contributed by atoms with Crippen molar-refractivity contribution in [1.29, 1.82) is 0 Å². The van der Waals surface area contributed by atoms with Gasteiger partial charge in [-0.15, -0.1) is 0 Å². The summed E-state index contributed by atoms with van der Waals surface area (Å²) in [5.74, 6) is 1.72. The van der Waals surface area contributed by atoms with Crippen molar-refractivity contribution in [2.75, 3.05) is 14.2 Å². The highest BCUT2D eigenvalue weighted by Crippen LogP contribution is 2.39. The summed E-state index contributed by atoms with van der Waals surface area (Å²) in [5.41, 5.74) is 2.15. The van der Waals surface area contributed by atoms with Crippen molar-refractivity contribution in [2.24, 2.45) is 7.05 Å². The smallest absolute Gasteiger partial charge is 0.118 e. The molecule has 0 spiro atoms. The Labute approximate surface area is 172 Å². The molecular formula is C22H20N2O2S2. The Bertz CT molecular complexity index is 1090. The molecule has 0 saturated heterocycles. The largest absolute Gasteiger partial charge is 0.497 e. The van der Waals surface area contributed by atoms with Gasteiger partial charge in [0.1, 0.15) is 17.0 Å². The summed E-state index contributed by atoms with van der Waals surface area (Å²) in [4.78, 5) is 9.30. The Kier molecular flexibility index (Phi) is 5.50. The zero-order valence-corrected chi connectivity index (χ0v) is 17.5. The summed E-state index contributed by atoms with van der Waals surface area (Å²) in [6, 6.07) is 20.5. The standard InChI is InChI=1S/C22H20N2O2S2/c1-24-14-23-21-19(27-17-8-4-15(25-2)5-9-17)12-13-20(22(21)24)28-18-10-6-16(26-3)7-11-18/h4-14H,1-3H3. The molecule has 1 heterocycles. The van der Waals surface area contributed by atoms with Crippen LogP contribution in [0.15, 0.2) is 86.6 Å². The second-order valence-corrected chi connectivity index (χ2v) is 8.40. The van der Waals surface area contributed by atoms with E-state index in [-0.39, 0.29) is 0 Å². The number of methoxy groups -OCH3 is 2. The van der Waals surface area contributed by atoms with Crippen LogP contribution in [0.4, 0.5) is 0 Å². The highest BCUT2D eigenvalue weighted by molar-refractivity contribution is 8.00. The van der Waals surface area contributed by atoms with Gasteiger partial charge in [0.15, 0.2) is 0 Å². The number of imidazole rings is 1. The van der Waals surface area contributed by atoms with E-state index in [2.05, 4.69) is 45.9 Å². The highest BCUT2D eigenvalue weighted by atomic mass is 32.2. The first kappa shape index (κ1) is 18.8. The summed E-state index contributed by atoms with van der Waals surface area (Å²) in [7, 11) is 5.40. The lowest BCUT2D eigenvalue weighted by Crippen LogP contribution is -1.88. The van der Waals surface area contributed by atoms with E-state index in [1.165, 1.54) is 9.79 Å². The van der Waals surface area contributed by atoms with E-state index < -0.39 is 0 Å². The Morgan fingerprint density at radius 3 is 1.75 bits per heavy atom. The summed E-state index contributed by atoms with van der Waals surface area (Å²) in [5, 5.41) is 0. The van der Waals surface area contributed by atoms with Gasteiger partial charge in [-0.1, -0.05) is 23.5 Å². The van der Waals surface area contributed by atoms with Gasteiger partial charge >= 0.3 is 0 Å². The Morgan fingerprint density at radius 1 is 0.714 bits per heavy atom. The second kappa shape index (κ2) is 8.20. The number of ether oxygens (including phenoxy) is 2. The topological polar surface area (TPSA) is 36.3 Å². The third-order valence-corrected chi connectivity index (χ3v) is 6.48. The van der Waals surface area contributed by atoms with Crippen LogP contribution in [0.1, 0.15) is 0 Å². The van der Waals surface area contributed by atoms with Crippen LogP contribution in [0.2, 0.25) is 0 Å². The molecule has 142 valence electrons. The van der Waals surface area contributed by atoms with Gasteiger partial charge < -0.3 is 14.0 Å². The number of hydrogen-bond donors (Lipinski definition) is 0. The van der Waals surface area contributed by atoms with Crippen LogP contribution in [0.25, 0.3) is 11.0 Å². The molecule has 0 radical (unpaired) electrons. The third-order valence-electron chi connectivity index (χ3n) is 4.36. The van der Waals surface area contributed by atoms with Crippen LogP contribution in [-0.2, 0) is 7.05 Å². The summed E-state index contributed by atoms with van der Waals surface area (Å²) in [6.07, 6.45) is 1.88. The molecule has 4 rings (SSSR count). The minimum atomic E-state index is 0.860. The van der Waals surface area contributed by atoms with Crippen LogP contribution >= 0.6 is 23.5 Å². The lowest BCUT2D eigenvalue weighted by atomic mass is 10.3. The number of hydrogen-bond acceptors (Lipinski definition) is 5. The molecule has 0 aliphatic carbocycles. The van der Waals surface area contributed by atoms with Gasteiger partial charge in [0, 0.05) is 26.6 Å². The average molecular weight is 409 g/mol. The summed E-state index contributed by atoms with van der Waals surface area (Å²) in [6.45, 7) is 0. The van der Waals surface area contributed by atoms with E-state index in [9.17, 15) is 0 Å². The summed E-state index contributed by atoms with van der Waals surface area (Å²) >= 11 is 3.45. The molecule has 28 heavy (non-hydrogen) atoms. The third kappa shape index (κ3) is 3.84. The molecule has 0 fully saturated rings. The van der Waals surface area contributed by atoms with Crippen molar-refractivity contribution in [3.05, 3.63) is 67.0 Å². The van der Waals surface area contributed by atoms with Crippen molar-refractivity contribution < 1.29 is 9.47 Å². The number of nitrogens with zero attached hydrogens (tertiary/aromatic N) is 2. The SMILES string of the molecule is COc1ccc(Sc2ccc(Sc3ccc(OC)cc3)c3c2ncn3C)cc1. The Morgan fingerprint density at radius 2 is 1.21 bits per heavy atom. The van der Waals surface area contributed by atoms with Gasteiger partial charge in [0.25, 0.3) is 0 Å². The molecule has 1 aromatic heterocycles. The maximum atomic E-state index is 5.25. The zero-order valence-electron chi connectivity index (χ0n) is 15.9. The average Bonchev–Trinajstić information content (AvgIpc) is 3.13. The Balaban J connectivity index is 1.66.